The fourth-order valence-corrected chi connectivity index (χ4v) is 4.01. The van der Waals surface area contributed by atoms with E-state index in [-0.39, 0.29) is 23.1 Å². The summed E-state index contributed by atoms with van der Waals surface area (Å²) in [5, 5.41) is 4.26. The van der Waals surface area contributed by atoms with Gasteiger partial charge in [0, 0.05) is 11.4 Å². The van der Waals surface area contributed by atoms with Crippen LogP contribution in [0.15, 0.2) is 97.1 Å². The molecule has 218 valence electrons. The summed E-state index contributed by atoms with van der Waals surface area (Å²) in [5.74, 6) is -0.722. The van der Waals surface area contributed by atoms with Gasteiger partial charge in [-0.05, 0) is 47.5 Å². The van der Waals surface area contributed by atoms with Crippen LogP contribution in [-0.2, 0) is 17.1 Å². The quantitative estimate of drug-likeness (QED) is 0.168. The lowest BCUT2D eigenvalue weighted by molar-refractivity contribution is -0.143. The van der Waals surface area contributed by atoms with Gasteiger partial charge in [0.25, 0.3) is 0 Å². The molecule has 42 heavy (non-hydrogen) atoms. The summed E-state index contributed by atoms with van der Waals surface area (Å²) in [7, 11) is 1.14. The molecule has 0 bridgehead atoms. The Morgan fingerprint density at radius 1 is 0.667 bits per heavy atom. The van der Waals surface area contributed by atoms with Crippen LogP contribution in [0, 0.1) is 0 Å². The molecule has 4 rings (SSSR count). The number of hydrogen-bond donors (Lipinski definition) is 2. The predicted octanol–water partition coefficient (Wildman–Crippen LogP) is 8.32. The average Bonchev–Trinajstić information content (AvgIpc) is 2.95. The van der Waals surface area contributed by atoms with Crippen LogP contribution in [0.4, 0.5) is 42.5 Å². The minimum absolute atomic E-state index is 0.0146. The minimum atomic E-state index is -5.09. The van der Waals surface area contributed by atoms with Crippen LogP contribution >= 0.6 is 0 Å². The number of rotatable bonds is 7. The third-order valence-electron chi connectivity index (χ3n) is 5.94. The number of nitrogens with one attached hydrogen (secondary N) is 2. The molecule has 0 fully saturated rings. The van der Waals surface area contributed by atoms with E-state index in [4.69, 9.17) is 9.47 Å². The van der Waals surface area contributed by atoms with Crippen molar-refractivity contribution in [1.29, 1.82) is 0 Å². The molecule has 0 aliphatic heterocycles. The number of ether oxygens (including phenoxy) is 2. The molecule has 0 saturated carbocycles. The van der Waals surface area contributed by atoms with Crippen molar-refractivity contribution < 1.29 is 45.4 Å². The fraction of sp³-hybridized carbons (Fsp3) is 0.133. The maximum atomic E-state index is 13.2. The van der Waals surface area contributed by atoms with E-state index >= 15 is 0 Å². The summed E-state index contributed by atoms with van der Waals surface area (Å²) >= 11 is 0. The first-order valence-electron chi connectivity index (χ1n) is 12.2. The van der Waals surface area contributed by atoms with Gasteiger partial charge in [-0.15, -0.1) is 0 Å². The van der Waals surface area contributed by atoms with E-state index in [1.165, 1.54) is 18.2 Å². The SMILES string of the molecule is COC(=O)c1cc(NC(=O)Nc2cc(C(F)(F)F)cc(C(F)(F)F)c2)ccc1OC(c1ccccc1)c1ccccc1. The molecule has 0 saturated heterocycles. The van der Waals surface area contributed by atoms with E-state index in [0.29, 0.717) is 12.1 Å². The van der Waals surface area contributed by atoms with Gasteiger partial charge in [-0.2, -0.15) is 26.3 Å². The molecule has 0 heterocycles. The van der Waals surface area contributed by atoms with Gasteiger partial charge in [0.15, 0.2) is 0 Å². The predicted molar refractivity (Wildman–Crippen MR) is 142 cm³/mol. The monoisotopic (exact) mass is 588 g/mol. The van der Waals surface area contributed by atoms with Crippen LogP contribution in [0.1, 0.15) is 38.7 Å². The fourth-order valence-electron chi connectivity index (χ4n) is 4.01. The minimum Gasteiger partial charge on any atom is -0.480 e. The smallest absolute Gasteiger partial charge is 0.416 e. The molecule has 4 aromatic carbocycles. The summed E-state index contributed by atoms with van der Waals surface area (Å²) < 4.78 is 90.1. The number of esters is 1. The van der Waals surface area contributed by atoms with Gasteiger partial charge in [-0.25, -0.2) is 9.59 Å². The lowest BCUT2D eigenvalue weighted by atomic mass is 10.0. The summed E-state index contributed by atoms with van der Waals surface area (Å²) in [6.07, 6.45) is -10.8. The summed E-state index contributed by atoms with van der Waals surface area (Å²) in [6.45, 7) is 0. The Morgan fingerprint density at radius 3 is 1.64 bits per heavy atom. The van der Waals surface area contributed by atoms with Gasteiger partial charge in [-0.3, -0.25) is 0 Å². The topological polar surface area (TPSA) is 76.7 Å². The van der Waals surface area contributed by atoms with Gasteiger partial charge < -0.3 is 20.1 Å². The van der Waals surface area contributed by atoms with Crippen LogP contribution in [0.5, 0.6) is 5.75 Å². The van der Waals surface area contributed by atoms with E-state index < -0.39 is 47.3 Å². The number of urea groups is 1. The second kappa shape index (κ2) is 12.2. The van der Waals surface area contributed by atoms with Gasteiger partial charge >= 0.3 is 24.4 Å². The van der Waals surface area contributed by atoms with Crippen LogP contribution in [0.2, 0.25) is 0 Å². The normalized spacial score (nSPS) is 11.6. The molecule has 0 spiro atoms. The molecule has 2 amide bonds. The molecule has 6 nitrogen and oxygen atoms in total. The van der Waals surface area contributed by atoms with Crippen molar-refractivity contribution in [2.24, 2.45) is 0 Å². The number of benzene rings is 4. The molecule has 0 aromatic heterocycles. The van der Waals surface area contributed by atoms with Gasteiger partial charge in [0.2, 0.25) is 0 Å². The first-order chi connectivity index (χ1) is 19.8. The number of alkyl halides is 6. The lowest BCUT2D eigenvalue weighted by Gasteiger charge is -2.22. The van der Waals surface area contributed by atoms with Crippen molar-refractivity contribution >= 4 is 23.4 Å². The number of anilines is 2. The van der Waals surface area contributed by atoms with Crippen molar-refractivity contribution in [1.82, 2.24) is 0 Å². The highest BCUT2D eigenvalue weighted by Crippen LogP contribution is 2.38. The molecular formula is C30H22F6N2O4. The second-order valence-corrected chi connectivity index (χ2v) is 8.90. The summed E-state index contributed by atoms with van der Waals surface area (Å²) in [5.41, 5.74) is -2.47. The molecule has 2 N–H and O–H groups in total. The van der Waals surface area contributed by atoms with Crippen LogP contribution in [0.3, 0.4) is 0 Å². The summed E-state index contributed by atoms with van der Waals surface area (Å²) in [6, 6.07) is 21.8. The number of hydrogen-bond acceptors (Lipinski definition) is 4. The van der Waals surface area contributed by atoms with Gasteiger partial charge in [0.05, 0.1) is 18.2 Å². The third kappa shape index (κ3) is 7.39. The summed E-state index contributed by atoms with van der Waals surface area (Å²) in [4.78, 5) is 25.2. The molecule has 0 aliphatic rings. The maximum Gasteiger partial charge on any atom is 0.416 e. The molecule has 0 radical (unpaired) electrons. The molecule has 4 aromatic rings. The van der Waals surface area contributed by atoms with E-state index in [2.05, 4.69) is 5.32 Å². The second-order valence-electron chi connectivity index (χ2n) is 8.90. The molecule has 0 unspecified atom stereocenters. The van der Waals surface area contributed by atoms with Crippen molar-refractivity contribution in [2.75, 3.05) is 17.7 Å². The van der Waals surface area contributed by atoms with E-state index in [9.17, 15) is 35.9 Å². The largest absolute Gasteiger partial charge is 0.480 e. The zero-order valence-electron chi connectivity index (χ0n) is 21.7. The number of carbonyl (C=O) groups is 2. The number of carbonyl (C=O) groups excluding carboxylic acids is 2. The third-order valence-corrected chi connectivity index (χ3v) is 5.94. The Kier molecular flexibility index (Phi) is 8.74. The van der Waals surface area contributed by atoms with E-state index in [1.807, 2.05) is 66.0 Å². The number of halogens is 6. The Hall–Kier alpha value is -5.00. The highest BCUT2D eigenvalue weighted by atomic mass is 19.4. The van der Waals surface area contributed by atoms with Crippen molar-refractivity contribution in [3.8, 4) is 5.75 Å². The van der Waals surface area contributed by atoms with Crippen LogP contribution in [-0.4, -0.2) is 19.1 Å². The maximum absolute atomic E-state index is 13.2. The van der Waals surface area contributed by atoms with E-state index in [0.717, 1.165) is 18.2 Å². The Morgan fingerprint density at radius 2 is 1.17 bits per heavy atom. The van der Waals surface area contributed by atoms with Crippen LogP contribution in [0.25, 0.3) is 0 Å². The highest BCUT2D eigenvalue weighted by molar-refractivity contribution is 6.01. The zero-order valence-corrected chi connectivity index (χ0v) is 21.7. The Bertz CT molecular complexity index is 1490. The molecular weight excluding hydrogens is 566 g/mol. The van der Waals surface area contributed by atoms with Gasteiger partial charge in [-0.1, -0.05) is 60.7 Å². The first kappa shape index (κ1) is 30.0. The molecule has 0 aliphatic carbocycles. The molecule has 0 atom stereocenters. The lowest BCUT2D eigenvalue weighted by Crippen LogP contribution is -2.21. The van der Waals surface area contributed by atoms with Crippen molar-refractivity contribution in [3.05, 3.63) is 125 Å². The Labute approximate surface area is 235 Å². The van der Waals surface area contributed by atoms with Crippen LogP contribution < -0.4 is 15.4 Å². The molecule has 12 heteroatoms. The first-order valence-corrected chi connectivity index (χ1v) is 12.2. The average molecular weight is 589 g/mol. The number of amides is 2. The Balaban J connectivity index is 1.61. The highest BCUT2D eigenvalue weighted by Gasteiger charge is 2.37. The van der Waals surface area contributed by atoms with Gasteiger partial charge in [0.1, 0.15) is 17.4 Å². The van der Waals surface area contributed by atoms with E-state index in [1.54, 1.807) is 0 Å². The zero-order chi connectivity index (χ0) is 30.5. The standard InChI is InChI=1S/C30H22F6N2O4/c1-41-27(39)24-17-22(37-28(40)38-23-15-20(29(31,32)33)14-21(16-23)30(34,35)36)12-13-25(24)42-26(18-8-4-2-5-9-18)19-10-6-3-7-11-19/h2-17,26H,1H3,(H2,37,38,40). The van der Waals surface area contributed by atoms with Crippen molar-refractivity contribution in [2.45, 2.75) is 18.5 Å². The van der Waals surface area contributed by atoms with Crippen molar-refractivity contribution in [3.63, 3.8) is 0 Å². The number of methoxy groups -OCH3 is 1.